The number of carbonyl (C=O) groups excluding carboxylic acids is 1. The molecule has 1 aromatic heterocycles. The van der Waals surface area contributed by atoms with Crippen molar-refractivity contribution in [3.05, 3.63) is 22.4 Å². The number of esters is 1. The van der Waals surface area contributed by atoms with Crippen molar-refractivity contribution < 1.29 is 14.6 Å². The van der Waals surface area contributed by atoms with Crippen molar-refractivity contribution in [2.24, 2.45) is 5.92 Å². The summed E-state index contributed by atoms with van der Waals surface area (Å²) in [4.78, 5) is 13.0. The lowest BCUT2D eigenvalue weighted by atomic mass is 9.84. The van der Waals surface area contributed by atoms with Gasteiger partial charge in [0, 0.05) is 10.8 Å². The van der Waals surface area contributed by atoms with Crippen LogP contribution >= 0.6 is 11.3 Å². The van der Waals surface area contributed by atoms with Gasteiger partial charge in [0.2, 0.25) is 0 Å². The average Bonchev–Trinajstić information content (AvgIpc) is 3.10. The molecule has 0 saturated heterocycles. The molecule has 0 radical (unpaired) electrons. The number of terminal acetylenes is 1. The highest BCUT2D eigenvalue weighted by Crippen LogP contribution is 2.43. The van der Waals surface area contributed by atoms with Crippen molar-refractivity contribution in [2.45, 2.75) is 44.3 Å². The standard InChI is InChI=1S/C15H18O3S/c1-3-11(2)18-14(16)15(17,12-7-4-5-8-12)13-9-6-10-19-13/h1,6,9-12,17H,4-5,7-8H2,2H3. The first-order valence-electron chi connectivity index (χ1n) is 6.52. The van der Waals surface area contributed by atoms with Crippen molar-refractivity contribution >= 4 is 17.3 Å². The molecule has 1 heterocycles. The first-order chi connectivity index (χ1) is 9.09. The first kappa shape index (κ1) is 14.1. The molecule has 0 amide bonds. The van der Waals surface area contributed by atoms with Crippen LogP contribution < -0.4 is 0 Å². The first-order valence-corrected chi connectivity index (χ1v) is 7.40. The van der Waals surface area contributed by atoms with Crippen molar-refractivity contribution in [3.8, 4) is 12.3 Å². The Balaban J connectivity index is 2.29. The molecule has 1 saturated carbocycles. The van der Waals surface area contributed by atoms with Crippen LogP contribution in [0.4, 0.5) is 0 Å². The monoisotopic (exact) mass is 278 g/mol. The number of hydrogen-bond acceptors (Lipinski definition) is 4. The summed E-state index contributed by atoms with van der Waals surface area (Å²) in [5.41, 5.74) is -1.55. The molecule has 3 nitrogen and oxygen atoms in total. The summed E-state index contributed by atoms with van der Waals surface area (Å²) in [7, 11) is 0. The molecule has 1 aliphatic carbocycles. The number of hydrogen-bond donors (Lipinski definition) is 1. The summed E-state index contributed by atoms with van der Waals surface area (Å²) in [6.45, 7) is 1.63. The molecule has 2 atom stereocenters. The van der Waals surface area contributed by atoms with E-state index >= 15 is 0 Å². The molecule has 1 N–H and O–H groups in total. The lowest BCUT2D eigenvalue weighted by Crippen LogP contribution is -2.43. The number of thiophene rings is 1. The predicted molar refractivity (Wildman–Crippen MR) is 74.6 cm³/mol. The van der Waals surface area contributed by atoms with Gasteiger partial charge in [0.05, 0.1) is 0 Å². The van der Waals surface area contributed by atoms with Gasteiger partial charge in [-0.15, -0.1) is 17.8 Å². The Kier molecular flexibility index (Phi) is 4.28. The van der Waals surface area contributed by atoms with E-state index in [2.05, 4.69) is 5.92 Å². The van der Waals surface area contributed by atoms with E-state index < -0.39 is 17.7 Å². The molecule has 0 spiro atoms. The van der Waals surface area contributed by atoms with Crippen LogP contribution in [0.5, 0.6) is 0 Å². The third kappa shape index (κ3) is 2.68. The fraction of sp³-hybridized carbons (Fsp3) is 0.533. The highest BCUT2D eigenvalue weighted by molar-refractivity contribution is 7.10. The summed E-state index contributed by atoms with van der Waals surface area (Å²) < 4.78 is 5.18. The molecular weight excluding hydrogens is 260 g/mol. The van der Waals surface area contributed by atoms with Gasteiger partial charge in [-0.05, 0) is 31.2 Å². The average molecular weight is 278 g/mol. The van der Waals surface area contributed by atoms with Gasteiger partial charge in [0.25, 0.3) is 0 Å². The van der Waals surface area contributed by atoms with E-state index in [1.54, 1.807) is 13.0 Å². The second kappa shape index (κ2) is 5.77. The van der Waals surface area contributed by atoms with Crippen LogP contribution in [0.1, 0.15) is 37.5 Å². The molecule has 0 aromatic carbocycles. The number of rotatable bonds is 4. The Morgan fingerprint density at radius 2 is 2.32 bits per heavy atom. The zero-order chi connectivity index (χ0) is 13.9. The Hall–Kier alpha value is -1.31. The molecule has 1 aliphatic rings. The van der Waals surface area contributed by atoms with E-state index in [-0.39, 0.29) is 5.92 Å². The molecule has 2 rings (SSSR count). The smallest absolute Gasteiger partial charge is 0.345 e. The number of carbonyl (C=O) groups is 1. The van der Waals surface area contributed by atoms with Gasteiger partial charge in [-0.2, -0.15) is 0 Å². The minimum absolute atomic E-state index is 0.0800. The Morgan fingerprint density at radius 1 is 1.63 bits per heavy atom. The van der Waals surface area contributed by atoms with E-state index in [1.165, 1.54) is 11.3 Å². The van der Waals surface area contributed by atoms with Crippen LogP contribution in [-0.2, 0) is 15.1 Å². The Bertz CT molecular complexity index is 468. The Labute approximate surface area is 117 Å². The van der Waals surface area contributed by atoms with Gasteiger partial charge in [-0.3, -0.25) is 0 Å². The van der Waals surface area contributed by atoms with Crippen LogP contribution in [0, 0.1) is 18.3 Å². The normalized spacial score (nSPS) is 20.5. The van der Waals surface area contributed by atoms with E-state index in [0.29, 0.717) is 4.88 Å². The van der Waals surface area contributed by atoms with Gasteiger partial charge in [0.1, 0.15) is 0 Å². The van der Waals surface area contributed by atoms with Crippen LogP contribution in [0.3, 0.4) is 0 Å². The van der Waals surface area contributed by atoms with Gasteiger partial charge in [-0.25, -0.2) is 4.79 Å². The fourth-order valence-corrected chi connectivity index (χ4v) is 3.48. The maximum atomic E-state index is 12.4. The third-order valence-corrected chi connectivity index (χ3v) is 4.67. The molecular formula is C15H18O3S. The van der Waals surface area contributed by atoms with Gasteiger partial charge in [-0.1, -0.05) is 24.8 Å². The van der Waals surface area contributed by atoms with Crippen molar-refractivity contribution in [1.29, 1.82) is 0 Å². The van der Waals surface area contributed by atoms with Crippen LogP contribution in [0.25, 0.3) is 0 Å². The highest BCUT2D eigenvalue weighted by Gasteiger charge is 2.49. The van der Waals surface area contributed by atoms with E-state index in [1.807, 2.05) is 11.4 Å². The van der Waals surface area contributed by atoms with Gasteiger partial charge in [0.15, 0.2) is 11.7 Å². The second-order valence-corrected chi connectivity index (χ2v) is 5.89. The predicted octanol–water partition coefficient (Wildman–Crippen LogP) is 2.69. The molecule has 0 bridgehead atoms. The zero-order valence-corrected chi connectivity index (χ0v) is 11.8. The van der Waals surface area contributed by atoms with Gasteiger partial charge >= 0.3 is 5.97 Å². The van der Waals surface area contributed by atoms with Crippen LogP contribution in [0.2, 0.25) is 0 Å². The van der Waals surface area contributed by atoms with Crippen molar-refractivity contribution in [1.82, 2.24) is 0 Å². The third-order valence-electron chi connectivity index (χ3n) is 3.67. The maximum Gasteiger partial charge on any atom is 0.345 e. The molecule has 0 aliphatic heterocycles. The SMILES string of the molecule is C#CC(C)OC(=O)C(O)(c1cccs1)C1CCCC1. The molecule has 102 valence electrons. The molecule has 19 heavy (non-hydrogen) atoms. The van der Waals surface area contributed by atoms with Crippen LogP contribution in [-0.4, -0.2) is 17.2 Å². The Morgan fingerprint density at radius 3 is 2.84 bits per heavy atom. The van der Waals surface area contributed by atoms with Crippen LogP contribution in [0.15, 0.2) is 17.5 Å². The quantitative estimate of drug-likeness (QED) is 0.680. The molecule has 1 fully saturated rings. The van der Waals surface area contributed by atoms with Crippen molar-refractivity contribution in [3.63, 3.8) is 0 Å². The summed E-state index contributed by atoms with van der Waals surface area (Å²) in [5.74, 6) is 1.65. The minimum Gasteiger partial charge on any atom is -0.447 e. The van der Waals surface area contributed by atoms with Gasteiger partial charge < -0.3 is 9.84 Å². The largest absolute Gasteiger partial charge is 0.447 e. The molecule has 1 aromatic rings. The summed E-state index contributed by atoms with van der Waals surface area (Å²) in [6, 6.07) is 3.61. The fourth-order valence-electron chi connectivity index (χ4n) is 2.59. The summed E-state index contributed by atoms with van der Waals surface area (Å²) >= 11 is 1.38. The van der Waals surface area contributed by atoms with E-state index in [9.17, 15) is 9.90 Å². The summed E-state index contributed by atoms with van der Waals surface area (Å²) in [6.07, 6.45) is 8.36. The van der Waals surface area contributed by atoms with E-state index in [0.717, 1.165) is 25.7 Å². The minimum atomic E-state index is -1.55. The lowest BCUT2D eigenvalue weighted by molar-refractivity contribution is -0.175. The lowest BCUT2D eigenvalue weighted by Gasteiger charge is -2.31. The topological polar surface area (TPSA) is 46.5 Å². The second-order valence-electron chi connectivity index (χ2n) is 4.94. The summed E-state index contributed by atoms with van der Waals surface area (Å²) in [5, 5.41) is 12.8. The highest BCUT2D eigenvalue weighted by atomic mass is 32.1. The van der Waals surface area contributed by atoms with Crippen molar-refractivity contribution in [2.75, 3.05) is 0 Å². The molecule has 4 heteroatoms. The zero-order valence-electron chi connectivity index (χ0n) is 11.0. The maximum absolute atomic E-state index is 12.4. The molecule has 2 unspecified atom stereocenters. The number of ether oxygens (including phenoxy) is 1. The number of aliphatic hydroxyl groups is 1. The van der Waals surface area contributed by atoms with E-state index in [4.69, 9.17) is 11.2 Å².